The second kappa shape index (κ2) is 5.21. The summed E-state index contributed by atoms with van der Waals surface area (Å²) >= 11 is 0. The van der Waals surface area contributed by atoms with Crippen LogP contribution in [0.4, 0.5) is 11.5 Å². The Kier molecular flexibility index (Phi) is 3.65. The lowest BCUT2D eigenvalue weighted by molar-refractivity contribution is 0.588. The maximum absolute atomic E-state index is 5.79. The molecule has 4 nitrogen and oxygen atoms in total. The van der Waals surface area contributed by atoms with Gasteiger partial charge in [0.05, 0.1) is 5.52 Å². The van der Waals surface area contributed by atoms with Crippen LogP contribution in [0.2, 0.25) is 0 Å². The fraction of sp³-hybridized carbons (Fsp3) is 0.429. The van der Waals surface area contributed by atoms with Crippen LogP contribution >= 0.6 is 0 Å². The molecule has 0 saturated carbocycles. The van der Waals surface area contributed by atoms with E-state index in [-0.39, 0.29) is 0 Å². The van der Waals surface area contributed by atoms with Gasteiger partial charge in [0.2, 0.25) is 0 Å². The standard InChI is InChI=1S/C14H20N4/c1-4-11(5-2)18(3)14-12-7-6-10(15)8-13(12)16-9-17-14/h6-9,11H,4-5,15H2,1-3H3. The van der Waals surface area contributed by atoms with Gasteiger partial charge in [0.1, 0.15) is 12.1 Å². The molecule has 0 spiro atoms. The molecule has 0 aliphatic rings. The summed E-state index contributed by atoms with van der Waals surface area (Å²) in [6.45, 7) is 4.40. The number of anilines is 2. The molecular weight excluding hydrogens is 224 g/mol. The molecule has 1 aromatic heterocycles. The molecule has 0 amide bonds. The van der Waals surface area contributed by atoms with E-state index in [1.165, 1.54) is 0 Å². The molecule has 4 heteroatoms. The first-order chi connectivity index (χ1) is 8.67. The third kappa shape index (κ3) is 2.23. The van der Waals surface area contributed by atoms with Crippen molar-refractivity contribution in [2.45, 2.75) is 32.7 Å². The molecule has 1 aromatic carbocycles. The van der Waals surface area contributed by atoms with Crippen LogP contribution in [0.1, 0.15) is 26.7 Å². The van der Waals surface area contributed by atoms with Crippen molar-refractivity contribution in [2.24, 2.45) is 0 Å². The van der Waals surface area contributed by atoms with Crippen LogP contribution in [0.3, 0.4) is 0 Å². The van der Waals surface area contributed by atoms with Gasteiger partial charge in [0, 0.05) is 24.2 Å². The van der Waals surface area contributed by atoms with E-state index in [0.717, 1.165) is 35.2 Å². The van der Waals surface area contributed by atoms with E-state index in [1.54, 1.807) is 6.33 Å². The average molecular weight is 244 g/mol. The van der Waals surface area contributed by atoms with E-state index in [1.807, 2.05) is 18.2 Å². The van der Waals surface area contributed by atoms with Gasteiger partial charge in [-0.25, -0.2) is 9.97 Å². The molecule has 2 aromatic rings. The summed E-state index contributed by atoms with van der Waals surface area (Å²) < 4.78 is 0. The van der Waals surface area contributed by atoms with Gasteiger partial charge in [0.15, 0.2) is 0 Å². The monoisotopic (exact) mass is 244 g/mol. The third-order valence-electron chi connectivity index (χ3n) is 3.46. The lowest BCUT2D eigenvalue weighted by Gasteiger charge is -2.28. The first-order valence-corrected chi connectivity index (χ1v) is 6.40. The second-order valence-corrected chi connectivity index (χ2v) is 4.56. The van der Waals surface area contributed by atoms with Gasteiger partial charge in [-0.3, -0.25) is 0 Å². The largest absolute Gasteiger partial charge is 0.399 e. The summed E-state index contributed by atoms with van der Waals surface area (Å²) in [5.41, 5.74) is 7.42. The van der Waals surface area contributed by atoms with E-state index in [9.17, 15) is 0 Å². The number of nitrogens with two attached hydrogens (primary N) is 1. The number of nitrogen functional groups attached to an aromatic ring is 1. The van der Waals surface area contributed by atoms with Crippen molar-refractivity contribution in [1.82, 2.24) is 9.97 Å². The molecule has 0 fully saturated rings. The maximum atomic E-state index is 5.79. The van der Waals surface area contributed by atoms with Crippen LogP contribution in [-0.4, -0.2) is 23.1 Å². The highest BCUT2D eigenvalue weighted by atomic mass is 15.2. The van der Waals surface area contributed by atoms with Crippen LogP contribution in [0, 0.1) is 0 Å². The van der Waals surface area contributed by atoms with E-state index in [2.05, 4.69) is 35.8 Å². The summed E-state index contributed by atoms with van der Waals surface area (Å²) in [4.78, 5) is 10.9. The number of aromatic nitrogens is 2. The number of fused-ring (bicyclic) bond motifs is 1. The predicted molar refractivity (Wildman–Crippen MR) is 76.7 cm³/mol. The molecule has 0 saturated heterocycles. The first kappa shape index (κ1) is 12.6. The SMILES string of the molecule is CCC(CC)N(C)c1ncnc2cc(N)ccc12. The Labute approximate surface area is 108 Å². The second-order valence-electron chi connectivity index (χ2n) is 4.56. The maximum Gasteiger partial charge on any atom is 0.139 e. The van der Waals surface area contributed by atoms with Gasteiger partial charge in [0.25, 0.3) is 0 Å². The molecule has 1 heterocycles. The minimum atomic E-state index is 0.501. The Morgan fingerprint density at radius 3 is 2.61 bits per heavy atom. The molecule has 18 heavy (non-hydrogen) atoms. The number of benzene rings is 1. The van der Waals surface area contributed by atoms with Gasteiger partial charge in [-0.2, -0.15) is 0 Å². The molecule has 2 N–H and O–H groups in total. The normalized spacial score (nSPS) is 11.1. The summed E-state index contributed by atoms with van der Waals surface area (Å²) in [6.07, 6.45) is 3.82. The van der Waals surface area contributed by atoms with Gasteiger partial charge in [-0.1, -0.05) is 13.8 Å². The number of hydrogen-bond acceptors (Lipinski definition) is 4. The zero-order valence-corrected chi connectivity index (χ0v) is 11.2. The molecular formula is C14H20N4. The Bertz CT molecular complexity index is 534. The fourth-order valence-corrected chi connectivity index (χ4v) is 2.35. The summed E-state index contributed by atoms with van der Waals surface area (Å²) in [5.74, 6) is 0.980. The minimum Gasteiger partial charge on any atom is -0.399 e. The highest BCUT2D eigenvalue weighted by molar-refractivity contribution is 5.91. The highest BCUT2D eigenvalue weighted by Gasteiger charge is 2.15. The number of nitrogens with zero attached hydrogens (tertiary/aromatic N) is 3. The lowest BCUT2D eigenvalue weighted by atomic mass is 10.1. The van der Waals surface area contributed by atoms with Crippen molar-refractivity contribution in [3.8, 4) is 0 Å². The highest BCUT2D eigenvalue weighted by Crippen LogP contribution is 2.26. The molecule has 0 radical (unpaired) electrons. The summed E-state index contributed by atoms with van der Waals surface area (Å²) in [5, 5.41) is 1.06. The molecule has 0 atom stereocenters. The molecule has 0 aliphatic heterocycles. The van der Waals surface area contributed by atoms with Crippen LogP contribution < -0.4 is 10.6 Å². The number of hydrogen-bond donors (Lipinski definition) is 1. The van der Waals surface area contributed by atoms with Gasteiger partial charge < -0.3 is 10.6 Å². The van der Waals surface area contributed by atoms with Crippen LogP contribution in [0.5, 0.6) is 0 Å². The molecule has 0 bridgehead atoms. The Morgan fingerprint density at radius 1 is 1.22 bits per heavy atom. The van der Waals surface area contributed by atoms with E-state index in [0.29, 0.717) is 6.04 Å². The van der Waals surface area contributed by atoms with E-state index in [4.69, 9.17) is 5.73 Å². The fourth-order valence-electron chi connectivity index (χ4n) is 2.35. The van der Waals surface area contributed by atoms with Crippen molar-refractivity contribution in [3.05, 3.63) is 24.5 Å². The molecule has 96 valence electrons. The number of rotatable bonds is 4. The Hall–Kier alpha value is -1.84. The molecule has 0 aliphatic carbocycles. The van der Waals surface area contributed by atoms with Gasteiger partial charge in [-0.15, -0.1) is 0 Å². The quantitative estimate of drug-likeness (QED) is 0.840. The van der Waals surface area contributed by atoms with Crippen LogP contribution in [0.25, 0.3) is 10.9 Å². The zero-order valence-electron chi connectivity index (χ0n) is 11.2. The predicted octanol–water partition coefficient (Wildman–Crippen LogP) is 2.84. The van der Waals surface area contributed by atoms with Crippen molar-refractivity contribution in [1.29, 1.82) is 0 Å². The van der Waals surface area contributed by atoms with E-state index >= 15 is 0 Å². The Balaban J connectivity index is 2.50. The van der Waals surface area contributed by atoms with Crippen molar-refractivity contribution in [2.75, 3.05) is 17.7 Å². The third-order valence-corrected chi connectivity index (χ3v) is 3.46. The Morgan fingerprint density at radius 2 is 1.94 bits per heavy atom. The topological polar surface area (TPSA) is 55.0 Å². The van der Waals surface area contributed by atoms with E-state index < -0.39 is 0 Å². The van der Waals surface area contributed by atoms with Gasteiger partial charge in [-0.05, 0) is 31.0 Å². The molecule has 0 unspecified atom stereocenters. The van der Waals surface area contributed by atoms with Crippen LogP contribution in [0.15, 0.2) is 24.5 Å². The lowest BCUT2D eigenvalue weighted by Crippen LogP contribution is -2.31. The van der Waals surface area contributed by atoms with Gasteiger partial charge >= 0.3 is 0 Å². The van der Waals surface area contributed by atoms with Crippen molar-refractivity contribution in [3.63, 3.8) is 0 Å². The van der Waals surface area contributed by atoms with Crippen molar-refractivity contribution >= 4 is 22.4 Å². The van der Waals surface area contributed by atoms with Crippen molar-refractivity contribution < 1.29 is 0 Å². The summed E-state index contributed by atoms with van der Waals surface area (Å²) in [7, 11) is 2.09. The van der Waals surface area contributed by atoms with Crippen LogP contribution in [-0.2, 0) is 0 Å². The molecule has 2 rings (SSSR count). The average Bonchev–Trinajstić information content (AvgIpc) is 2.39. The zero-order chi connectivity index (χ0) is 13.1. The summed E-state index contributed by atoms with van der Waals surface area (Å²) in [6, 6.07) is 6.29. The first-order valence-electron chi connectivity index (χ1n) is 6.40. The minimum absolute atomic E-state index is 0.501. The smallest absolute Gasteiger partial charge is 0.139 e.